The molecule has 0 aromatic carbocycles. The molecule has 1 saturated heterocycles. The molecule has 2 aliphatic rings. The van der Waals surface area contributed by atoms with Gasteiger partial charge in [-0.3, -0.25) is 9.59 Å². The van der Waals surface area contributed by atoms with E-state index in [0.29, 0.717) is 35.9 Å². The third-order valence-electron chi connectivity index (χ3n) is 4.86. The largest absolute Gasteiger partial charge is 0.355 e. The van der Waals surface area contributed by atoms with Gasteiger partial charge in [-0.15, -0.1) is 0 Å². The summed E-state index contributed by atoms with van der Waals surface area (Å²) in [6, 6.07) is 1.88. The van der Waals surface area contributed by atoms with Gasteiger partial charge in [-0.1, -0.05) is 37.2 Å². The van der Waals surface area contributed by atoms with E-state index in [0.717, 1.165) is 25.2 Å². The van der Waals surface area contributed by atoms with E-state index in [9.17, 15) is 9.59 Å². The fourth-order valence-electron chi connectivity index (χ4n) is 3.17. The molecular formula is C19H28ClN5O2S. The summed E-state index contributed by atoms with van der Waals surface area (Å²) in [7, 11) is 0. The predicted octanol–water partition coefficient (Wildman–Crippen LogP) is 2.44. The SMILES string of the molecule is CC(C)CNC(=O)CSc1nc(Cl)cc(N2CCN(C(=O)C3CC3)C(C)C2)n1. The van der Waals surface area contributed by atoms with Crippen molar-refractivity contribution in [2.75, 3.05) is 36.8 Å². The number of nitrogens with zero attached hydrogens (tertiary/aromatic N) is 4. The third-order valence-corrected chi connectivity index (χ3v) is 5.90. The maximum Gasteiger partial charge on any atom is 0.230 e. The summed E-state index contributed by atoms with van der Waals surface area (Å²) in [6.45, 7) is 8.96. The quantitative estimate of drug-likeness (QED) is 0.410. The molecule has 0 spiro atoms. The number of halogens is 1. The minimum absolute atomic E-state index is 0.0374. The number of hydrogen-bond acceptors (Lipinski definition) is 6. The number of amides is 2. The second kappa shape index (κ2) is 9.31. The van der Waals surface area contributed by atoms with Crippen molar-refractivity contribution in [2.45, 2.75) is 44.8 Å². The summed E-state index contributed by atoms with van der Waals surface area (Å²) >= 11 is 7.48. The topological polar surface area (TPSA) is 78.4 Å². The van der Waals surface area contributed by atoms with Crippen molar-refractivity contribution in [1.29, 1.82) is 0 Å². The van der Waals surface area contributed by atoms with Gasteiger partial charge in [0.1, 0.15) is 11.0 Å². The van der Waals surface area contributed by atoms with Gasteiger partial charge in [-0.05, 0) is 25.7 Å². The lowest BCUT2D eigenvalue weighted by atomic mass is 10.1. The van der Waals surface area contributed by atoms with Crippen LogP contribution in [-0.2, 0) is 9.59 Å². The number of piperazine rings is 1. The Hall–Kier alpha value is -1.54. The number of anilines is 1. The summed E-state index contributed by atoms with van der Waals surface area (Å²) in [5.74, 6) is 1.91. The molecule has 1 atom stereocenters. The minimum Gasteiger partial charge on any atom is -0.355 e. The van der Waals surface area contributed by atoms with Crippen LogP contribution in [0.2, 0.25) is 5.15 Å². The van der Waals surface area contributed by atoms with Crippen LogP contribution >= 0.6 is 23.4 Å². The van der Waals surface area contributed by atoms with Crippen LogP contribution in [0.3, 0.4) is 0 Å². The zero-order valence-corrected chi connectivity index (χ0v) is 18.2. The van der Waals surface area contributed by atoms with Crippen molar-refractivity contribution in [3.63, 3.8) is 0 Å². The van der Waals surface area contributed by atoms with Gasteiger partial charge in [-0.25, -0.2) is 9.97 Å². The molecule has 0 bridgehead atoms. The Morgan fingerprint density at radius 2 is 2.07 bits per heavy atom. The fraction of sp³-hybridized carbons (Fsp3) is 0.684. The van der Waals surface area contributed by atoms with Gasteiger partial charge >= 0.3 is 0 Å². The number of nitrogens with one attached hydrogen (secondary N) is 1. The Morgan fingerprint density at radius 3 is 2.71 bits per heavy atom. The van der Waals surface area contributed by atoms with E-state index in [1.807, 2.05) is 4.90 Å². The Labute approximate surface area is 175 Å². The summed E-state index contributed by atoms with van der Waals surface area (Å²) < 4.78 is 0. The molecule has 154 valence electrons. The second-order valence-electron chi connectivity index (χ2n) is 7.92. The van der Waals surface area contributed by atoms with Crippen LogP contribution < -0.4 is 10.2 Å². The molecule has 1 aliphatic carbocycles. The van der Waals surface area contributed by atoms with Crippen molar-refractivity contribution in [3.05, 3.63) is 11.2 Å². The Kier molecular flexibility index (Phi) is 7.04. The lowest BCUT2D eigenvalue weighted by Gasteiger charge is -2.40. The number of rotatable bonds is 7. The van der Waals surface area contributed by atoms with E-state index in [1.54, 1.807) is 6.07 Å². The molecule has 1 aromatic heterocycles. The minimum atomic E-state index is -0.0374. The van der Waals surface area contributed by atoms with Crippen LogP contribution in [0.15, 0.2) is 11.2 Å². The Balaban J connectivity index is 1.58. The van der Waals surface area contributed by atoms with E-state index in [4.69, 9.17) is 11.6 Å². The van der Waals surface area contributed by atoms with Gasteiger partial charge in [0, 0.05) is 44.2 Å². The number of hydrogen-bond donors (Lipinski definition) is 1. The zero-order valence-electron chi connectivity index (χ0n) is 16.7. The second-order valence-corrected chi connectivity index (χ2v) is 9.25. The molecular weight excluding hydrogens is 398 g/mol. The lowest BCUT2D eigenvalue weighted by Crippen LogP contribution is -2.54. The number of aromatic nitrogens is 2. The van der Waals surface area contributed by atoms with Crippen molar-refractivity contribution in [1.82, 2.24) is 20.2 Å². The summed E-state index contributed by atoms with van der Waals surface area (Å²) in [5, 5.41) is 3.74. The smallest absolute Gasteiger partial charge is 0.230 e. The van der Waals surface area contributed by atoms with Crippen molar-refractivity contribution in [2.24, 2.45) is 11.8 Å². The average molecular weight is 426 g/mol. The predicted molar refractivity (Wildman–Crippen MR) is 112 cm³/mol. The average Bonchev–Trinajstić information content (AvgIpc) is 3.49. The van der Waals surface area contributed by atoms with Crippen LogP contribution in [0.25, 0.3) is 0 Å². The first kappa shape index (κ1) is 21.2. The first-order chi connectivity index (χ1) is 13.3. The molecule has 28 heavy (non-hydrogen) atoms. The van der Waals surface area contributed by atoms with E-state index in [-0.39, 0.29) is 29.5 Å². The monoisotopic (exact) mass is 425 g/mol. The highest BCUT2D eigenvalue weighted by Gasteiger charge is 2.37. The number of carbonyl (C=O) groups is 2. The first-order valence-corrected chi connectivity index (χ1v) is 11.2. The molecule has 1 unspecified atom stereocenters. The van der Waals surface area contributed by atoms with Crippen molar-refractivity contribution >= 4 is 41.0 Å². The van der Waals surface area contributed by atoms with Gasteiger partial charge in [0.15, 0.2) is 5.16 Å². The van der Waals surface area contributed by atoms with Crippen molar-refractivity contribution < 1.29 is 9.59 Å². The highest BCUT2D eigenvalue weighted by molar-refractivity contribution is 7.99. The lowest BCUT2D eigenvalue weighted by molar-refractivity contribution is -0.135. The normalized spacial score (nSPS) is 19.8. The Morgan fingerprint density at radius 1 is 1.32 bits per heavy atom. The molecule has 7 nitrogen and oxygen atoms in total. The third kappa shape index (κ3) is 5.73. The Bertz CT molecular complexity index is 728. The molecule has 2 fully saturated rings. The van der Waals surface area contributed by atoms with Crippen LogP contribution in [0.4, 0.5) is 5.82 Å². The molecule has 3 rings (SSSR count). The fourth-order valence-corrected chi connectivity index (χ4v) is 4.08. The molecule has 0 radical (unpaired) electrons. The summed E-state index contributed by atoms with van der Waals surface area (Å²) in [6.07, 6.45) is 2.05. The van der Waals surface area contributed by atoms with Gasteiger partial charge in [0.05, 0.1) is 5.75 Å². The van der Waals surface area contributed by atoms with Gasteiger partial charge in [0.25, 0.3) is 0 Å². The van der Waals surface area contributed by atoms with E-state index in [2.05, 4.69) is 41.0 Å². The van der Waals surface area contributed by atoms with Crippen LogP contribution in [0, 0.1) is 11.8 Å². The summed E-state index contributed by atoms with van der Waals surface area (Å²) in [4.78, 5) is 37.3. The molecule has 2 amide bonds. The van der Waals surface area contributed by atoms with Gasteiger partial charge in [-0.2, -0.15) is 0 Å². The van der Waals surface area contributed by atoms with Crippen LogP contribution in [-0.4, -0.2) is 64.7 Å². The number of thioether (sulfide) groups is 1. The highest BCUT2D eigenvalue weighted by Crippen LogP contribution is 2.32. The van der Waals surface area contributed by atoms with Crippen LogP contribution in [0.5, 0.6) is 0 Å². The van der Waals surface area contributed by atoms with E-state index < -0.39 is 0 Å². The van der Waals surface area contributed by atoms with Crippen LogP contribution in [0.1, 0.15) is 33.6 Å². The highest BCUT2D eigenvalue weighted by atomic mass is 35.5. The van der Waals surface area contributed by atoms with E-state index in [1.165, 1.54) is 11.8 Å². The molecule has 1 saturated carbocycles. The standard InChI is InChI=1S/C19H28ClN5O2S/c1-12(2)9-21-17(26)11-28-19-22-15(20)8-16(23-19)24-6-7-25(13(3)10-24)18(27)14-4-5-14/h8,12-14H,4-7,9-11H2,1-3H3,(H,21,26). The molecule has 9 heteroatoms. The molecule has 1 aliphatic heterocycles. The first-order valence-electron chi connectivity index (χ1n) is 9.83. The number of carbonyl (C=O) groups excluding carboxylic acids is 2. The maximum atomic E-state index is 12.4. The van der Waals surface area contributed by atoms with E-state index >= 15 is 0 Å². The van der Waals surface area contributed by atoms with Gasteiger partial charge < -0.3 is 15.1 Å². The maximum absolute atomic E-state index is 12.4. The van der Waals surface area contributed by atoms with Crippen molar-refractivity contribution in [3.8, 4) is 0 Å². The molecule has 2 heterocycles. The van der Waals surface area contributed by atoms with Gasteiger partial charge in [0.2, 0.25) is 11.8 Å². The zero-order chi connectivity index (χ0) is 20.3. The molecule has 1 N–H and O–H groups in total. The molecule has 1 aromatic rings. The summed E-state index contributed by atoms with van der Waals surface area (Å²) in [5.41, 5.74) is 0.